The predicted octanol–water partition coefficient (Wildman–Crippen LogP) is 12.1. The van der Waals surface area contributed by atoms with E-state index in [0.717, 1.165) is 54.4 Å². The molecular formula is C59H86F4N8O6. The molecule has 2 unspecified atom stereocenters. The van der Waals surface area contributed by atoms with Crippen LogP contribution in [0.15, 0.2) is 99.9 Å². The van der Waals surface area contributed by atoms with Crippen molar-refractivity contribution in [1.29, 1.82) is 0 Å². The lowest BCUT2D eigenvalue weighted by molar-refractivity contribution is -0.133. The van der Waals surface area contributed by atoms with Gasteiger partial charge in [-0.05, 0) is 90.4 Å². The fourth-order valence-electron chi connectivity index (χ4n) is 8.66. The average Bonchev–Trinajstić information content (AvgIpc) is 4.06. The number of methoxy groups -OCH3 is 2. The number of aromatic nitrogens is 4. The number of imidazole rings is 2. The Labute approximate surface area is 456 Å². The van der Waals surface area contributed by atoms with Crippen LogP contribution in [0, 0.1) is 55.3 Å². The predicted molar refractivity (Wildman–Crippen MR) is 302 cm³/mol. The maximum Gasteiger partial charge on any atom is 0.404 e. The summed E-state index contributed by atoms with van der Waals surface area (Å²) in [5.74, 6) is -2.36. The Balaban J connectivity index is 0. The summed E-state index contributed by atoms with van der Waals surface area (Å²) >= 11 is 0. The Hall–Kier alpha value is -7.18. The van der Waals surface area contributed by atoms with E-state index in [1.54, 1.807) is 31.8 Å². The molecule has 3 aliphatic carbocycles. The third-order valence-corrected chi connectivity index (χ3v) is 12.9. The van der Waals surface area contributed by atoms with Crippen LogP contribution in [0.5, 0.6) is 0 Å². The van der Waals surface area contributed by atoms with Crippen molar-refractivity contribution in [2.45, 2.75) is 116 Å². The first kappa shape index (κ1) is 71.9. The number of aromatic amines is 2. The van der Waals surface area contributed by atoms with Crippen molar-refractivity contribution in [2.24, 2.45) is 41.1 Å². The van der Waals surface area contributed by atoms with Gasteiger partial charge in [0.2, 0.25) is 30.1 Å². The van der Waals surface area contributed by atoms with Crippen LogP contribution < -0.4 is 11.5 Å². The van der Waals surface area contributed by atoms with E-state index in [-0.39, 0.29) is 55.7 Å². The molecule has 8 rings (SSSR count). The summed E-state index contributed by atoms with van der Waals surface area (Å²) in [7, 11) is 6.28. The number of ether oxygens (including phenoxy) is 2. The summed E-state index contributed by atoms with van der Waals surface area (Å²) < 4.78 is 60.2. The number of benzene rings is 2. The number of nitrogens with one attached hydrogen (secondary N) is 2. The number of rotatable bonds is 10. The van der Waals surface area contributed by atoms with E-state index < -0.39 is 17.9 Å². The van der Waals surface area contributed by atoms with Gasteiger partial charge in [0.25, 0.3) is 0 Å². The fraction of sp³-hybridized carbons (Fsp3) is 0.492. The minimum absolute atomic E-state index is 0.0343. The highest BCUT2D eigenvalue weighted by molar-refractivity contribution is 5.78. The lowest BCUT2D eigenvalue weighted by atomic mass is 9.84. The Morgan fingerprint density at radius 3 is 1.40 bits per heavy atom. The molecule has 18 heteroatoms. The number of alkyl halides is 4. The Morgan fingerprint density at radius 1 is 0.753 bits per heavy atom. The fourth-order valence-corrected chi connectivity index (χ4v) is 8.66. The first-order valence-electron chi connectivity index (χ1n) is 25.3. The Morgan fingerprint density at radius 2 is 1.10 bits per heavy atom. The lowest BCUT2D eigenvalue weighted by Crippen LogP contribution is -2.35. The van der Waals surface area contributed by atoms with Crippen LogP contribution >= 0.6 is 0 Å². The van der Waals surface area contributed by atoms with Gasteiger partial charge in [0.15, 0.2) is 0 Å². The molecule has 4 aliphatic rings. The van der Waals surface area contributed by atoms with Gasteiger partial charge in [0, 0.05) is 78.9 Å². The average molecular weight is 1080 g/mol. The summed E-state index contributed by atoms with van der Waals surface area (Å²) in [5.41, 5.74) is 15.3. The Bertz CT molecular complexity index is 2120. The number of likely N-dealkylation sites (tertiary alicyclic amines) is 1. The molecular weight excluding hydrogens is 993 g/mol. The zero-order valence-electron chi connectivity index (χ0n) is 46.4. The number of nitrogens with zero attached hydrogens (tertiary/aromatic N) is 4. The van der Waals surface area contributed by atoms with Crippen LogP contribution in [0.3, 0.4) is 0 Å². The Kier molecular flexibility index (Phi) is 37.5. The molecule has 3 heterocycles. The summed E-state index contributed by atoms with van der Waals surface area (Å²) in [6.45, 7) is 20.1. The molecule has 4 aromatic rings. The molecule has 6 N–H and O–H groups in total. The van der Waals surface area contributed by atoms with Gasteiger partial charge < -0.3 is 40.7 Å². The maximum atomic E-state index is 13.0. The number of carbonyl (C=O) groups excluding carboxylic acids is 4. The first-order chi connectivity index (χ1) is 36.8. The molecule has 4 fully saturated rings. The molecule has 3 atom stereocenters. The smallest absolute Gasteiger partial charge is 0.404 e. The van der Waals surface area contributed by atoms with E-state index in [0.29, 0.717) is 56.4 Å². The molecule has 0 spiro atoms. The van der Waals surface area contributed by atoms with E-state index >= 15 is 0 Å². The van der Waals surface area contributed by atoms with Gasteiger partial charge in [-0.15, -0.1) is 52.0 Å². The molecule has 0 bridgehead atoms. The van der Waals surface area contributed by atoms with Crippen molar-refractivity contribution < 1.29 is 46.2 Å². The van der Waals surface area contributed by atoms with E-state index in [1.165, 1.54) is 18.2 Å². The number of piperidine rings is 1. The monoisotopic (exact) mass is 1080 g/mol. The zero-order chi connectivity index (χ0) is 59.1. The number of carbonyl (C=O) groups is 4. The van der Waals surface area contributed by atoms with Crippen LogP contribution in [0.2, 0.25) is 0 Å². The first-order valence-corrected chi connectivity index (χ1v) is 25.3. The van der Waals surface area contributed by atoms with Crippen LogP contribution in [-0.4, -0.2) is 113 Å². The minimum Gasteiger partial charge on any atom is -0.453 e. The standard InChI is InChI=1S/C18H14N4.C14H21F2NO.C14H25F2NO.C2H5NO2.C2H6O.2C2H4.2C2H2.CH3NO/c1-5-15(17-9-19-11-21-17)6-2-13(1)14-3-7-16(8-4-14)18-10-20-12-22-18;1-9-11-4-7-17(13(9)11)12(18)8-10-2-5-14(15,16)6-3-10;1-11(2)6-9-17(3)13(18)10-12-4-7-14(15,16)8-5-12;1-5-2(3)4;1-3-2;4*1-2;2-1-3/h1-12H,(H,19,21)(H,20,22);9-11,13H,2-8H2,1H3;11-12H,4-10H2,1-3H3;1H3,(H2,3,4);1-2H3;2*1-2H2;2*1-2H;1H,(H2,2,3)/t;9-,11?,13?;;;;;;;;/m.1......../s1. The molecule has 77 heavy (non-hydrogen) atoms. The third-order valence-electron chi connectivity index (χ3n) is 12.9. The molecule has 426 valence electrons. The summed E-state index contributed by atoms with van der Waals surface area (Å²) in [6.07, 6.45) is 27.4. The van der Waals surface area contributed by atoms with Crippen LogP contribution in [0.1, 0.15) is 97.8 Å². The molecule has 14 nitrogen and oxygen atoms in total. The minimum atomic E-state index is -2.50. The van der Waals surface area contributed by atoms with Gasteiger partial charge >= 0.3 is 6.09 Å². The van der Waals surface area contributed by atoms with Gasteiger partial charge in [-0.3, -0.25) is 14.4 Å². The van der Waals surface area contributed by atoms with E-state index in [9.17, 15) is 31.9 Å². The lowest BCUT2D eigenvalue weighted by Gasteiger charge is -2.29. The largest absolute Gasteiger partial charge is 0.453 e. The molecule has 3 saturated carbocycles. The number of hydrogen-bond donors (Lipinski definition) is 4. The zero-order valence-corrected chi connectivity index (χ0v) is 46.4. The molecule has 1 aliphatic heterocycles. The van der Waals surface area contributed by atoms with E-state index in [1.807, 2.05) is 24.3 Å². The third kappa shape index (κ3) is 28.0. The number of terminal acetylenes is 2. The van der Waals surface area contributed by atoms with Crippen LogP contribution in [0.25, 0.3) is 33.6 Å². The van der Waals surface area contributed by atoms with Gasteiger partial charge in [0.05, 0.1) is 43.5 Å². The highest BCUT2D eigenvalue weighted by Gasteiger charge is 2.55. The maximum absolute atomic E-state index is 13.0. The molecule has 0 radical (unpaired) electrons. The SMILES string of the molecule is C#C.C#C.C=C.C=C.CC(C)CCN(C)C(=O)CC1CCC(F)(F)CC1.COC.COC(N)=O.C[C@@H]1C2CCN(C(=O)CC3CCC(F)(F)CC3)C21.NC=O.c1ncc(-c2ccc(-c3ccc(-c4cnc[nH]4)cc3)cc2)[nH]1. The van der Waals surface area contributed by atoms with Gasteiger partial charge in [-0.2, -0.15) is 0 Å². The molecule has 4 amide bonds. The second-order valence-electron chi connectivity index (χ2n) is 18.5. The van der Waals surface area contributed by atoms with Crippen molar-refractivity contribution in [3.05, 3.63) is 99.9 Å². The van der Waals surface area contributed by atoms with Crippen LogP contribution in [0.4, 0.5) is 22.4 Å². The van der Waals surface area contributed by atoms with Crippen LogP contribution in [-0.2, 0) is 23.9 Å². The van der Waals surface area contributed by atoms with Gasteiger partial charge in [-0.25, -0.2) is 32.3 Å². The number of hydrogen-bond acceptors (Lipinski definition) is 8. The quantitative estimate of drug-likeness (QED) is 0.0519. The van der Waals surface area contributed by atoms with Crippen molar-refractivity contribution in [3.63, 3.8) is 0 Å². The second kappa shape index (κ2) is 40.1. The number of halogens is 4. The van der Waals surface area contributed by atoms with Crippen molar-refractivity contribution in [1.82, 2.24) is 29.7 Å². The normalized spacial score (nSPS) is 17.8. The van der Waals surface area contributed by atoms with Crippen molar-refractivity contribution >= 4 is 24.3 Å². The highest BCUT2D eigenvalue weighted by atomic mass is 19.3. The van der Waals surface area contributed by atoms with Gasteiger partial charge in [0.1, 0.15) is 0 Å². The second-order valence-corrected chi connectivity index (χ2v) is 18.5. The summed E-state index contributed by atoms with van der Waals surface area (Å²) in [4.78, 5) is 60.2. The number of fused-ring (bicyclic) bond motifs is 1. The topological polar surface area (TPSA) is 203 Å². The van der Waals surface area contributed by atoms with E-state index in [4.69, 9.17) is 4.79 Å². The number of nitrogens with two attached hydrogens (primary N) is 2. The summed E-state index contributed by atoms with van der Waals surface area (Å²) in [5, 5.41) is 0. The van der Waals surface area contributed by atoms with E-state index in [2.05, 4.69) is 162 Å². The molecule has 2 aromatic heterocycles. The van der Waals surface area contributed by atoms with Gasteiger partial charge in [-0.1, -0.05) is 69.3 Å². The summed E-state index contributed by atoms with van der Waals surface area (Å²) in [6, 6.07) is 17.4. The number of H-pyrrole nitrogens is 2. The number of amides is 4. The molecule has 1 saturated heterocycles. The van der Waals surface area contributed by atoms with Crippen molar-refractivity contribution in [3.8, 4) is 59.3 Å². The van der Waals surface area contributed by atoms with Crippen molar-refractivity contribution in [2.75, 3.05) is 41.5 Å². The number of primary amides is 2. The highest BCUT2D eigenvalue weighted by Crippen LogP contribution is 2.51. The molecule has 2 aromatic carbocycles.